The number of carbonyl (C=O) groups is 1. The first kappa shape index (κ1) is 17.9. The van der Waals surface area contributed by atoms with Crippen molar-refractivity contribution in [2.75, 3.05) is 23.8 Å². The normalized spacial score (nSPS) is 16.8. The lowest BCUT2D eigenvalue weighted by Crippen LogP contribution is -2.19. The van der Waals surface area contributed by atoms with E-state index in [1.54, 1.807) is 23.5 Å². The van der Waals surface area contributed by atoms with Crippen LogP contribution in [-0.2, 0) is 16.0 Å². The Labute approximate surface area is 151 Å². The van der Waals surface area contributed by atoms with Gasteiger partial charge in [0.15, 0.2) is 0 Å². The topological polar surface area (TPSA) is 50.4 Å². The number of hydrogen-bond donors (Lipinski definition) is 2. The van der Waals surface area contributed by atoms with E-state index >= 15 is 0 Å². The molecule has 2 aromatic rings. The molecule has 1 aliphatic rings. The Kier molecular flexibility index (Phi) is 6.42. The zero-order chi connectivity index (χ0) is 17.5. The SMILES string of the molecule is O=C(CCCc1cccs1)Nc1ccc(NCC2CCCO2)c(F)c1. The first-order valence-corrected chi connectivity index (χ1v) is 9.56. The van der Waals surface area contributed by atoms with E-state index in [4.69, 9.17) is 4.74 Å². The van der Waals surface area contributed by atoms with Crippen LogP contribution in [-0.4, -0.2) is 25.2 Å². The molecule has 1 aromatic carbocycles. The average molecular weight is 362 g/mol. The summed E-state index contributed by atoms with van der Waals surface area (Å²) in [6.45, 7) is 1.39. The minimum Gasteiger partial charge on any atom is -0.380 e. The quantitative estimate of drug-likeness (QED) is 0.730. The Morgan fingerprint density at radius 2 is 2.28 bits per heavy atom. The van der Waals surface area contributed by atoms with Gasteiger partial charge in [-0.25, -0.2) is 4.39 Å². The first-order chi connectivity index (χ1) is 12.2. The zero-order valence-corrected chi connectivity index (χ0v) is 14.9. The molecule has 6 heteroatoms. The second-order valence-electron chi connectivity index (χ2n) is 6.19. The van der Waals surface area contributed by atoms with Gasteiger partial charge in [0.05, 0.1) is 11.8 Å². The number of anilines is 2. The molecule has 1 saturated heterocycles. The van der Waals surface area contributed by atoms with Crippen LogP contribution in [0.3, 0.4) is 0 Å². The number of hydrogen-bond acceptors (Lipinski definition) is 4. The van der Waals surface area contributed by atoms with E-state index in [1.807, 2.05) is 11.4 Å². The van der Waals surface area contributed by atoms with Crippen molar-refractivity contribution in [3.8, 4) is 0 Å². The molecule has 3 rings (SSSR count). The number of ether oxygens (including phenoxy) is 1. The summed E-state index contributed by atoms with van der Waals surface area (Å²) < 4.78 is 19.7. The second kappa shape index (κ2) is 8.97. The summed E-state index contributed by atoms with van der Waals surface area (Å²) in [5, 5.41) is 7.87. The number of nitrogens with one attached hydrogen (secondary N) is 2. The third-order valence-electron chi connectivity index (χ3n) is 4.20. The van der Waals surface area contributed by atoms with E-state index in [-0.39, 0.29) is 17.8 Å². The summed E-state index contributed by atoms with van der Waals surface area (Å²) in [4.78, 5) is 13.3. The Morgan fingerprint density at radius 1 is 1.36 bits per heavy atom. The monoisotopic (exact) mass is 362 g/mol. The fourth-order valence-electron chi connectivity index (χ4n) is 2.87. The number of carbonyl (C=O) groups excluding carboxylic acids is 1. The lowest BCUT2D eigenvalue weighted by Gasteiger charge is -2.13. The highest BCUT2D eigenvalue weighted by Gasteiger charge is 2.15. The Hall–Kier alpha value is -1.92. The molecule has 0 saturated carbocycles. The molecule has 2 heterocycles. The van der Waals surface area contributed by atoms with Crippen molar-refractivity contribution < 1.29 is 13.9 Å². The highest BCUT2D eigenvalue weighted by Crippen LogP contribution is 2.21. The first-order valence-electron chi connectivity index (χ1n) is 8.68. The van der Waals surface area contributed by atoms with Gasteiger partial charge in [-0.1, -0.05) is 6.07 Å². The van der Waals surface area contributed by atoms with E-state index in [9.17, 15) is 9.18 Å². The average Bonchev–Trinajstić information content (AvgIpc) is 3.27. The fraction of sp³-hybridized carbons (Fsp3) is 0.421. The van der Waals surface area contributed by atoms with Crippen molar-refractivity contribution in [1.29, 1.82) is 0 Å². The number of benzene rings is 1. The largest absolute Gasteiger partial charge is 0.380 e. The molecular weight excluding hydrogens is 339 g/mol. The van der Waals surface area contributed by atoms with Crippen molar-refractivity contribution in [3.05, 3.63) is 46.4 Å². The predicted molar refractivity (Wildman–Crippen MR) is 99.8 cm³/mol. The third kappa shape index (κ3) is 5.54. The molecule has 1 fully saturated rings. The van der Waals surface area contributed by atoms with Crippen molar-refractivity contribution in [2.45, 2.75) is 38.2 Å². The van der Waals surface area contributed by atoms with Crippen LogP contribution in [0, 0.1) is 5.82 Å². The molecule has 0 aliphatic carbocycles. The summed E-state index contributed by atoms with van der Waals surface area (Å²) in [6, 6.07) is 8.82. The van der Waals surface area contributed by atoms with E-state index in [0.717, 1.165) is 32.3 Å². The molecule has 0 spiro atoms. The van der Waals surface area contributed by atoms with Crippen LogP contribution in [0.15, 0.2) is 35.7 Å². The second-order valence-corrected chi connectivity index (χ2v) is 7.22. The molecule has 2 N–H and O–H groups in total. The van der Waals surface area contributed by atoms with E-state index < -0.39 is 0 Å². The summed E-state index contributed by atoms with van der Waals surface area (Å²) in [5.74, 6) is -0.453. The van der Waals surface area contributed by atoms with Gasteiger partial charge >= 0.3 is 0 Å². The lowest BCUT2D eigenvalue weighted by atomic mass is 10.2. The van der Waals surface area contributed by atoms with Crippen LogP contribution < -0.4 is 10.6 Å². The van der Waals surface area contributed by atoms with Crippen LogP contribution in [0.25, 0.3) is 0 Å². The van der Waals surface area contributed by atoms with Gasteiger partial charge in [-0.05, 0) is 55.3 Å². The summed E-state index contributed by atoms with van der Waals surface area (Å²) in [6.07, 6.45) is 4.34. The minimum absolute atomic E-state index is 0.0870. The van der Waals surface area contributed by atoms with Crippen molar-refractivity contribution >= 4 is 28.6 Å². The zero-order valence-electron chi connectivity index (χ0n) is 14.1. The third-order valence-corrected chi connectivity index (χ3v) is 5.14. The fourth-order valence-corrected chi connectivity index (χ4v) is 3.62. The van der Waals surface area contributed by atoms with E-state index in [0.29, 0.717) is 24.3 Å². The van der Waals surface area contributed by atoms with Gasteiger partial charge in [0.1, 0.15) is 5.82 Å². The maximum absolute atomic E-state index is 14.2. The Morgan fingerprint density at radius 3 is 3.00 bits per heavy atom. The molecule has 134 valence electrons. The number of halogens is 1. The van der Waals surface area contributed by atoms with Gasteiger partial charge in [0, 0.05) is 30.1 Å². The molecule has 0 bridgehead atoms. The predicted octanol–water partition coefficient (Wildman–Crippen LogP) is 4.44. The van der Waals surface area contributed by atoms with Gasteiger partial charge in [-0.2, -0.15) is 0 Å². The van der Waals surface area contributed by atoms with E-state index in [1.165, 1.54) is 10.9 Å². The van der Waals surface area contributed by atoms with Gasteiger partial charge in [0.25, 0.3) is 0 Å². The summed E-state index contributed by atoms with van der Waals surface area (Å²) in [5.41, 5.74) is 0.924. The van der Waals surface area contributed by atoms with Gasteiger partial charge in [-0.3, -0.25) is 4.79 Å². The van der Waals surface area contributed by atoms with Gasteiger partial charge in [0.2, 0.25) is 5.91 Å². The van der Waals surface area contributed by atoms with Gasteiger partial charge in [-0.15, -0.1) is 11.3 Å². The molecule has 1 aliphatic heterocycles. The maximum atomic E-state index is 14.2. The molecule has 1 atom stereocenters. The Balaban J connectivity index is 1.43. The lowest BCUT2D eigenvalue weighted by molar-refractivity contribution is -0.116. The van der Waals surface area contributed by atoms with Crippen molar-refractivity contribution in [3.63, 3.8) is 0 Å². The van der Waals surface area contributed by atoms with Gasteiger partial charge < -0.3 is 15.4 Å². The van der Waals surface area contributed by atoms with Crippen molar-refractivity contribution in [1.82, 2.24) is 0 Å². The van der Waals surface area contributed by atoms with Crippen LogP contribution in [0.1, 0.15) is 30.6 Å². The maximum Gasteiger partial charge on any atom is 0.224 e. The van der Waals surface area contributed by atoms with Crippen LogP contribution in [0.2, 0.25) is 0 Å². The molecule has 4 nitrogen and oxygen atoms in total. The minimum atomic E-state index is -0.366. The number of thiophene rings is 1. The van der Waals surface area contributed by atoms with Crippen molar-refractivity contribution in [2.24, 2.45) is 0 Å². The summed E-state index contributed by atoms with van der Waals surface area (Å²) in [7, 11) is 0. The van der Waals surface area contributed by atoms with Crippen LogP contribution in [0.5, 0.6) is 0 Å². The smallest absolute Gasteiger partial charge is 0.224 e. The molecule has 1 amide bonds. The number of rotatable bonds is 8. The van der Waals surface area contributed by atoms with Crippen LogP contribution in [0.4, 0.5) is 15.8 Å². The molecule has 25 heavy (non-hydrogen) atoms. The van der Waals surface area contributed by atoms with E-state index in [2.05, 4.69) is 16.7 Å². The molecule has 0 radical (unpaired) electrons. The molecule has 1 unspecified atom stereocenters. The number of amides is 1. The molecular formula is C19H23FN2O2S. The Bertz CT molecular complexity index is 685. The highest BCUT2D eigenvalue weighted by molar-refractivity contribution is 7.09. The molecule has 1 aromatic heterocycles. The van der Waals surface area contributed by atoms with Crippen LogP contribution >= 0.6 is 11.3 Å². The highest BCUT2D eigenvalue weighted by atomic mass is 32.1. The standard InChI is InChI=1S/C19H23FN2O2S/c20-17-12-14(8-9-18(17)21-13-15-4-2-10-24-15)22-19(23)7-1-5-16-6-3-11-25-16/h3,6,8-9,11-12,15,21H,1-2,4-5,7,10,13H2,(H,22,23). The summed E-state index contributed by atoms with van der Waals surface area (Å²) >= 11 is 1.70. The number of aryl methyl sites for hydroxylation is 1.